The monoisotopic (exact) mass is 212 g/mol. The van der Waals surface area contributed by atoms with Gasteiger partial charge in [0.05, 0.1) is 18.2 Å². The third kappa shape index (κ3) is 1.93. The van der Waals surface area contributed by atoms with Crippen LogP contribution in [0.1, 0.15) is 27.6 Å². The number of carbonyl (C=O) groups is 2. The molecular formula is C10H9ClO3. The Labute approximate surface area is 86.6 Å². The van der Waals surface area contributed by atoms with Gasteiger partial charge in [-0.15, -0.1) is 0 Å². The van der Waals surface area contributed by atoms with E-state index in [0.717, 1.165) is 0 Å². The largest absolute Gasteiger partial charge is 0.495 e. The van der Waals surface area contributed by atoms with Gasteiger partial charge >= 0.3 is 0 Å². The second kappa shape index (κ2) is 4.24. The molecule has 1 aromatic carbocycles. The Bertz CT molecular complexity index is 385. The van der Waals surface area contributed by atoms with Gasteiger partial charge in [-0.05, 0) is 19.1 Å². The zero-order valence-corrected chi connectivity index (χ0v) is 8.59. The van der Waals surface area contributed by atoms with Crippen LogP contribution in [0.3, 0.4) is 0 Å². The van der Waals surface area contributed by atoms with Gasteiger partial charge in [-0.1, -0.05) is 11.6 Å². The second-order valence-electron chi connectivity index (χ2n) is 2.75. The molecule has 0 saturated carbocycles. The fourth-order valence-electron chi connectivity index (χ4n) is 1.19. The first-order chi connectivity index (χ1) is 6.60. The van der Waals surface area contributed by atoms with Gasteiger partial charge in [-0.3, -0.25) is 9.59 Å². The summed E-state index contributed by atoms with van der Waals surface area (Å²) in [5.41, 5.74) is 0.604. The lowest BCUT2D eigenvalue weighted by Crippen LogP contribution is -2.01. The molecule has 1 rings (SSSR count). The van der Waals surface area contributed by atoms with E-state index in [0.29, 0.717) is 16.9 Å². The molecule has 74 valence electrons. The van der Waals surface area contributed by atoms with Crippen LogP contribution < -0.4 is 4.74 Å². The molecule has 0 bridgehead atoms. The van der Waals surface area contributed by atoms with E-state index >= 15 is 0 Å². The number of ether oxygens (including phenoxy) is 1. The fourth-order valence-corrected chi connectivity index (χ4v) is 1.42. The zero-order valence-electron chi connectivity index (χ0n) is 7.83. The summed E-state index contributed by atoms with van der Waals surface area (Å²) in [4.78, 5) is 21.9. The number of hydrogen-bond donors (Lipinski definition) is 0. The first kappa shape index (κ1) is 10.7. The van der Waals surface area contributed by atoms with E-state index in [9.17, 15) is 9.59 Å². The summed E-state index contributed by atoms with van der Waals surface area (Å²) < 4.78 is 4.97. The highest BCUT2D eigenvalue weighted by molar-refractivity contribution is 6.31. The van der Waals surface area contributed by atoms with E-state index in [-0.39, 0.29) is 17.1 Å². The molecule has 0 N–H and O–H groups in total. The number of rotatable bonds is 3. The normalized spacial score (nSPS) is 9.64. The van der Waals surface area contributed by atoms with E-state index in [1.54, 1.807) is 0 Å². The number of hydrogen-bond acceptors (Lipinski definition) is 3. The van der Waals surface area contributed by atoms with Crippen LogP contribution in [0.2, 0.25) is 5.02 Å². The van der Waals surface area contributed by atoms with Gasteiger partial charge in [0.2, 0.25) is 0 Å². The van der Waals surface area contributed by atoms with Gasteiger partial charge in [0.1, 0.15) is 5.75 Å². The van der Waals surface area contributed by atoms with Gasteiger partial charge < -0.3 is 4.74 Å². The number of methoxy groups -OCH3 is 1. The minimum Gasteiger partial charge on any atom is -0.495 e. The van der Waals surface area contributed by atoms with E-state index < -0.39 is 0 Å². The van der Waals surface area contributed by atoms with Crippen molar-refractivity contribution in [1.29, 1.82) is 0 Å². The molecule has 0 aliphatic heterocycles. The van der Waals surface area contributed by atoms with Crippen molar-refractivity contribution in [3.05, 3.63) is 28.3 Å². The van der Waals surface area contributed by atoms with Crippen molar-refractivity contribution < 1.29 is 14.3 Å². The first-order valence-corrected chi connectivity index (χ1v) is 4.31. The summed E-state index contributed by atoms with van der Waals surface area (Å²) >= 11 is 5.74. The topological polar surface area (TPSA) is 43.4 Å². The number of Topliss-reactive ketones (excluding diaryl/α,β-unsaturated/α-hetero) is 1. The molecule has 14 heavy (non-hydrogen) atoms. The van der Waals surface area contributed by atoms with E-state index in [4.69, 9.17) is 16.3 Å². The van der Waals surface area contributed by atoms with Gasteiger partial charge in [0.15, 0.2) is 12.1 Å². The molecule has 0 aliphatic carbocycles. The average molecular weight is 213 g/mol. The van der Waals surface area contributed by atoms with Crippen LogP contribution in [0.15, 0.2) is 12.1 Å². The highest BCUT2D eigenvalue weighted by atomic mass is 35.5. The van der Waals surface area contributed by atoms with Crippen molar-refractivity contribution in [2.45, 2.75) is 6.92 Å². The van der Waals surface area contributed by atoms with Gasteiger partial charge in [0, 0.05) is 5.02 Å². The Morgan fingerprint density at radius 3 is 2.57 bits per heavy atom. The Kier molecular flexibility index (Phi) is 3.25. The maximum Gasteiger partial charge on any atom is 0.163 e. The first-order valence-electron chi connectivity index (χ1n) is 3.93. The van der Waals surface area contributed by atoms with Crippen LogP contribution in [0.4, 0.5) is 0 Å². The number of ketones is 1. The molecular weight excluding hydrogens is 204 g/mol. The zero-order chi connectivity index (χ0) is 10.7. The van der Waals surface area contributed by atoms with Crippen LogP contribution in [0.25, 0.3) is 0 Å². The van der Waals surface area contributed by atoms with Crippen molar-refractivity contribution in [1.82, 2.24) is 0 Å². The number of benzene rings is 1. The van der Waals surface area contributed by atoms with E-state index in [2.05, 4.69) is 0 Å². The van der Waals surface area contributed by atoms with Crippen LogP contribution in [-0.2, 0) is 0 Å². The Balaban J connectivity index is 3.46. The van der Waals surface area contributed by atoms with Crippen molar-refractivity contribution in [3.8, 4) is 5.75 Å². The minimum atomic E-state index is -0.188. The third-order valence-electron chi connectivity index (χ3n) is 1.79. The highest BCUT2D eigenvalue weighted by Gasteiger charge is 2.13. The van der Waals surface area contributed by atoms with E-state index in [1.165, 1.54) is 26.2 Å². The molecule has 0 amide bonds. The molecule has 0 fully saturated rings. The highest BCUT2D eigenvalue weighted by Crippen LogP contribution is 2.27. The molecule has 0 atom stereocenters. The van der Waals surface area contributed by atoms with Crippen molar-refractivity contribution in [3.63, 3.8) is 0 Å². The molecule has 1 aromatic rings. The fraction of sp³-hybridized carbons (Fsp3) is 0.200. The summed E-state index contributed by atoms with van der Waals surface area (Å²) in [5, 5.41) is 0.345. The summed E-state index contributed by atoms with van der Waals surface area (Å²) in [7, 11) is 1.41. The standard InChI is InChI=1S/C10H9ClO3/c1-6(13)9-4-8(11)3-7(5-12)10(9)14-2/h3-5H,1-2H3. The Morgan fingerprint density at radius 2 is 2.14 bits per heavy atom. The molecule has 0 unspecified atom stereocenters. The molecule has 0 aliphatic rings. The molecule has 0 radical (unpaired) electrons. The predicted molar refractivity (Wildman–Crippen MR) is 53.4 cm³/mol. The molecule has 3 nitrogen and oxygen atoms in total. The quantitative estimate of drug-likeness (QED) is 0.571. The van der Waals surface area contributed by atoms with Crippen molar-refractivity contribution >= 4 is 23.7 Å². The van der Waals surface area contributed by atoms with Gasteiger partial charge in [-0.2, -0.15) is 0 Å². The number of halogens is 1. The number of aldehydes is 1. The second-order valence-corrected chi connectivity index (χ2v) is 3.19. The predicted octanol–water partition coefficient (Wildman–Crippen LogP) is 2.36. The van der Waals surface area contributed by atoms with Crippen molar-refractivity contribution in [2.24, 2.45) is 0 Å². The molecule has 0 aromatic heterocycles. The van der Waals surface area contributed by atoms with Crippen LogP contribution in [-0.4, -0.2) is 19.2 Å². The molecule has 0 saturated heterocycles. The molecule has 0 heterocycles. The lowest BCUT2D eigenvalue weighted by molar-refractivity contribution is 0.101. The maximum absolute atomic E-state index is 11.2. The van der Waals surface area contributed by atoms with Crippen molar-refractivity contribution in [2.75, 3.05) is 7.11 Å². The Hall–Kier alpha value is -1.35. The summed E-state index contributed by atoms with van der Waals surface area (Å²) in [6, 6.07) is 2.94. The minimum absolute atomic E-state index is 0.188. The Morgan fingerprint density at radius 1 is 1.50 bits per heavy atom. The van der Waals surface area contributed by atoms with E-state index in [1.807, 2.05) is 0 Å². The molecule has 0 spiro atoms. The SMILES string of the molecule is COc1c(C=O)cc(Cl)cc1C(C)=O. The summed E-state index contributed by atoms with van der Waals surface area (Å²) in [6.45, 7) is 1.39. The van der Waals surface area contributed by atoms with Crippen LogP contribution >= 0.6 is 11.6 Å². The average Bonchev–Trinajstić information content (AvgIpc) is 2.16. The molecule has 4 heteroatoms. The third-order valence-corrected chi connectivity index (χ3v) is 2.01. The lowest BCUT2D eigenvalue weighted by atomic mass is 10.1. The number of carbonyl (C=O) groups excluding carboxylic acids is 2. The van der Waals surface area contributed by atoms with Crippen LogP contribution in [0, 0.1) is 0 Å². The van der Waals surface area contributed by atoms with Crippen LogP contribution in [0.5, 0.6) is 5.75 Å². The summed E-state index contributed by atoms with van der Waals surface area (Å²) in [5.74, 6) is 0.0874. The summed E-state index contributed by atoms with van der Waals surface area (Å²) in [6.07, 6.45) is 0.608. The smallest absolute Gasteiger partial charge is 0.163 e. The lowest BCUT2D eigenvalue weighted by Gasteiger charge is -2.08. The van der Waals surface area contributed by atoms with Gasteiger partial charge in [-0.25, -0.2) is 0 Å². The van der Waals surface area contributed by atoms with Gasteiger partial charge in [0.25, 0.3) is 0 Å². The maximum atomic E-state index is 11.2.